The summed E-state index contributed by atoms with van der Waals surface area (Å²) in [5.41, 5.74) is 7.47. The van der Waals surface area contributed by atoms with Crippen LogP contribution in [-0.2, 0) is 0 Å². The van der Waals surface area contributed by atoms with Crippen molar-refractivity contribution in [3.63, 3.8) is 0 Å². The van der Waals surface area contributed by atoms with Gasteiger partial charge in [0, 0.05) is 0 Å². The van der Waals surface area contributed by atoms with E-state index >= 15 is 0 Å². The fourth-order valence-corrected chi connectivity index (χ4v) is 4.28. The van der Waals surface area contributed by atoms with Crippen LogP contribution in [0.25, 0.3) is 44.5 Å². The van der Waals surface area contributed by atoms with Crippen LogP contribution in [-0.4, -0.2) is 0 Å². The van der Waals surface area contributed by atoms with Crippen molar-refractivity contribution in [1.29, 1.82) is 0 Å². The van der Waals surface area contributed by atoms with Crippen molar-refractivity contribution >= 4 is 0 Å². The number of hydrogen-bond donors (Lipinski definition) is 0. The first-order valence-corrected chi connectivity index (χ1v) is 12.6. The van der Waals surface area contributed by atoms with E-state index in [0.717, 1.165) is 44.5 Å². The van der Waals surface area contributed by atoms with Gasteiger partial charge >= 0.3 is 24.2 Å². The minimum Gasteiger partial charge on any atom is -0.428 e. The monoisotopic (exact) mass is 574 g/mol. The molecule has 0 unspecified atom stereocenters. The van der Waals surface area contributed by atoms with Crippen LogP contribution < -0.4 is 9.47 Å². The first-order valence-electron chi connectivity index (χ1n) is 12.6. The lowest BCUT2D eigenvalue weighted by Gasteiger charge is -2.09. The fraction of sp³-hybridized carbons (Fsp3) is 0. The summed E-state index contributed by atoms with van der Waals surface area (Å²) >= 11 is 0. The van der Waals surface area contributed by atoms with Gasteiger partial charge in [-0.15, -0.1) is 0 Å². The summed E-state index contributed by atoms with van der Waals surface area (Å²) in [4.78, 5) is 0. The molecule has 0 aliphatic carbocycles. The van der Waals surface area contributed by atoms with Crippen molar-refractivity contribution < 1.29 is 35.8 Å². The largest absolute Gasteiger partial charge is 0.428 e. The van der Waals surface area contributed by atoms with Gasteiger partial charge in [-0.3, -0.25) is 0 Å². The molecule has 0 fully saturated rings. The molecular formula is C34H20F6O2. The molecule has 0 amide bonds. The van der Waals surface area contributed by atoms with Crippen LogP contribution in [0, 0.1) is 0 Å². The van der Waals surface area contributed by atoms with E-state index in [1.165, 1.54) is 24.3 Å². The van der Waals surface area contributed by atoms with E-state index in [-0.39, 0.29) is 11.5 Å². The zero-order chi connectivity index (χ0) is 29.6. The average Bonchev–Trinajstić information content (AvgIpc) is 3.02. The quantitative estimate of drug-likeness (QED) is 0.136. The highest BCUT2D eigenvalue weighted by atomic mass is 19.3. The Morgan fingerprint density at radius 1 is 0.286 bits per heavy atom. The molecule has 0 aliphatic heterocycles. The SMILES string of the molecule is FC(F)=C(F)Oc1ccc(-c2ccc(-c3ccc(-c4ccc(-c5ccc(OC(F)=C(F)F)cc5)cc4)cc3)cc2)cc1. The molecule has 2 nitrogen and oxygen atoms in total. The molecule has 0 N–H and O–H groups in total. The van der Waals surface area contributed by atoms with Gasteiger partial charge in [-0.1, -0.05) is 97.1 Å². The molecule has 210 valence electrons. The smallest absolute Gasteiger partial charge is 0.344 e. The topological polar surface area (TPSA) is 18.5 Å². The summed E-state index contributed by atoms with van der Waals surface area (Å²) in [5.74, 6) is -0.0552. The van der Waals surface area contributed by atoms with Crippen molar-refractivity contribution in [3.05, 3.63) is 146 Å². The second kappa shape index (κ2) is 12.5. The van der Waals surface area contributed by atoms with Gasteiger partial charge in [0.2, 0.25) is 0 Å². The Balaban J connectivity index is 1.24. The maximum Gasteiger partial charge on any atom is 0.344 e. The van der Waals surface area contributed by atoms with Crippen molar-refractivity contribution in [2.24, 2.45) is 0 Å². The number of ether oxygens (including phenoxy) is 2. The summed E-state index contributed by atoms with van der Waals surface area (Å²) in [6.07, 6.45) is -5.02. The third-order valence-corrected chi connectivity index (χ3v) is 6.41. The number of hydrogen-bond acceptors (Lipinski definition) is 2. The Morgan fingerprint density at radius 2 is 0.452 bits per heavy atom. The van der Waals surface area contributed by atoms with Crippen molar-refractivity contribution in [3.8, 4) is 56.0 Å². The number of rotatable bonds is 8. The Morgan fingerprint density at radius 3 is 0.619 bits per heavy atom. The van der Waals surface area contributed by atoms with E-state index in [9.17, 15) is 26.3 Å². The lowest BCUT2D eigenvalue weighted by molar-refractivity contribution is 0.241. The summed E-state index contributed by atoms with van der Waals surface area (Å²) < 4.78 is 83.8. The van der Waals surface area contributed by atoms with E-state index in [1.807, 2.05) is 72.8 Å². The molecule has 0 saturated heterocycles. The third-order valence-electron chi connectivity index (χ3n) is 6.41. The van der Waals surface area contributed by atoms with Crippen LogP contribution in [0.5, 0.6) is 11.5 Å². The van der Waals surface area contributed by atoms with Crippen LogP contribution in [0.1, 0.15) is 0 Å². The lowest BCUT2D eigenvalue weighted by atomic mass is 9.97. The van der Waals surface area contributed by atoms with Gasteiger partial charge in [0.1, 0.15) is 11.5 Å². The first-order chi connectivity index (χ1) is 20.3. The van der Waals surface area contributed by atoms with Gasteiger partial charge in [0.15, 0.2) is 0 Å². The van der Waals surface area contributed by atoms with Gasteiger partial charge in [0.25, 0.3) is 0 Å². The minimum absolute atomic E-state index is 0.0276. The van der Waals surface area contributed by atoms with Crippen molar-refractivity contribution in [2.75, 3.05) is 0 Å². The normalized spacial score (nSPS) is 10.6. The Kier molecular flexibility index (Phi) is 8.43. The first kappa shape index (κ1) is 28.3. The minimum atomic E-state index is -2.51. The molecule has 5 aromatic rings. The zero-order valence-corrected chi connectivity index (χ0v) is 21.6. The number of halogens is 6. The maximum atomic E-state index is 13.0. The van der Waals surface area contributed by atoms with E-state index in [2.05, 4.69) is 9.47 Å². The van der Waals surface area contributed by atoms with E-state index < -0.39 is 24.2 Å². The molecule has 42 heavy (non-hydrogen) atoms. The maximum absolute atomic E-state index is 13.0. The summed E-state index contributed by atoms with van der Waals surface area (Å²) in [7, 11) is 0. The van der Waals surface area contributed by atoms with E-state index in [1.54, 1.807) is 24.3 Å². The fourth-order valence-electron chi connectivity index (χ4n) is 4.28. The number of benzene rings is 5. The zero-order valence-electron chi connectivity index (χ0n) is 21.6. The predicted octanol–water partition coefficient (Wildman–Crippen LogP) is 11.2. The third kappa shape index (κ3) is 6.72. The molecule has 0 spiro atoms. The van der Waals surface area contributed by atoms with Crippen LogP contribution in [0.4, 0.5) is 26.3 Å². The summed E-state index contributed by atoms with van der Waals surface area (Å²) in [6, 6.07) is 32.2. The lowest BCUT2D eigenvalue weighted by Crippen LogP contribution is -1.90. The molecule has 0 radical (unpaired) electrons. The van der Waals surface area contributed by atoms with Crippen LogP contribution in [0.15, 0.2) is 146 Å². The van der Waals surface area contributed by atoms with Gasteiger partial charge in [0.05, 0.1) is 0 Å². The van der Waals surface area contributed by atoms with Gasteiger partial charge in [-0.05, 0) is 68.8 Å². The average molecular weight is 575 g/mol. The Labute approximate surface area is 237 Å². The van der Waals surface area contributed by atoms with E-state index in [0.29, 0.717) is 0 Å². The highest BCUT2D eigenvalue weighted by Crippen LogP contribution is 2.31. The van der Waals surface area contributed by atoms with Gasteiger partial charge < -0.3 is 9.47 Å². The van der Waals surface area contributed by atoms with Crippen LogP contribution in [0.3, 0.4) is 0 Å². The molecule has 0 saturated carbocycles. The summed E-state index contributed by atoms with van der Waals surface area (Å²) in [6.45, 7) is 0. The Hall–Kier alpha value is -5.24. The second-order valence-electron chi connectivity index (χ2n) is 9.05. The molecule has 0 bridgehead atoms. The predicted molar refractivity (Wildman–Crippen MR) is 150 cm³/mol. The van der Waals surface area contributed by atoms with Crippen molar-refractivity contribution in [2.45, 2.75) is 0 Å². The molecule has 5 rings (SSSR count). The molecule has 0 aromatic heterocycles. The molecule has 0 atom stereocenters. The Bertz CT molecular complexity index is 1590. The van der Waals surface area contributed by atoms with Crippen molar-refractivity contribution in [1.82, 2.24) is 0 Å². The highest BCUT2D eigenvalue weighted by molar-refractivity contribution is 5.75. The standard InChI is InChI=1S/C34H20F6O2/c35-31(36)33(39)41-29-17-13-27(14-18-29)25-9-5-23(6-10-25)21-1-2-22(4-3-21)24-7-11-26(12-8-24)28-15-19-30(20-16-28)42-34(40)32(37)38/h1-20H. The second-order valence-corrected chi connectivity index (χ2v) is 9.05. The summed E-state index contributed by atoms with van der Waals surface area (Å²) in [5, 5.41) is 0. The van der Waals surface area contributed by atoms with Crippen LogP contribution >= 0.6 is 0 Å². The highest BCUT2D eigenvalue weighted by Gasteiger charge is 2.10. The molecule has 5 aromatic carbocycles. The molecular weight excluding hydrogens is 554 g/mol. The molecule has 0 aliphatic rings. The van der Waals surface area contributed by atoms with E-state index in [4.69, 9.17) is 0 Å². The molecule has 8 heteroatoms. The van der Waals surface area contributed by atoms with Gasteiger partial charge in [-0.25, -0.2) is 0 Å². The van der Waals surface area contributed by atoms with Crippen LogP contribution in [0.2, 0.25) is 0 Å². The van der Waals surface area contributed by atoms with Gasteiger partial charge in [-0.2, -0.15) is 26.3 Å². The molecule has 0 heterocycles.